The summed E-state index contributed by atoms with van der Waals surface area (Å²) in [6.07, 6.45) is 3.10. The molecule has 4 N–H and O–H groups in total. The van der Waals surface area contributed by atoms with E-state index in [0.29, 0.717) is 39.9 Å². The topological polar surface area (TPSA) is 110 Å². The van der Waals surface area contributed by atoms with Gasteiger partial charge >= 0.3 is 0 Å². The summed E-state index contributed by atoms with van der Waals surface area (Å²) in [5.74, 6) is 0.149. The maximum absolute atomic E-state index is 14.0. The van der Waals surface area contributed by atoms with Crippen LogP contribution in [0, 0.1) is 12.7 Å². The molecule has 4 aromatic rings. The van der Waals surface area contributed by atoms with E-state index in [1.54, 1.807) is 12.3 Å². The zero-order chi connectivity index (χ0) is 18.4. The minimum absolute atomic E-state index is 0.0164. The van der Waals surface area contributed by atoms with Gasteiger partial charge in [-0.25, -0.2) is 4.39 Å². The van der Waals surface area contributed by atoms with Gasteiger partial charge in [-0.1, -0.05) is 6.07 Å². The molecule has 3 aromatic heterocycles. The Morgan fingerprint density at radius 2 is 2.08 bits per heavy atom. The Hall–Kier alpha value is -3.42. The van der Waals surface area contributed by atoms with E-state index in [2.05, 4.69) is 20.2 Å². The molecule has 0 fully saturated rings. The van der Waals surface area contributed by atoms with Gasteiger partial charge < -0.3 is 15.5 Å². The van der Waals surface area contributed by atoms with Gasteiger partial charge in [0.25, 0.3) is 5.56 Å². The van der Waals surface area contributed by atoms with Crippen molar-refractivity contribution in [2.45, 2.75) is 13.8 Å². The summed E-state index contributed by atoms with van der Waals surface area (Å²) >= 11 is 0. The van der Waals surface area contributed by atoms with Crippen molar-refractivity contribution in [3.63, 3.8) is 0 Å². The number of nitrogens with one attached hydrogen (secondary N) is 2. The van der Waals surface area contributed by atoms with Crippen molar-refractivity contribution < 1.29 is 9.13 Å². The summed E-state index contributed by atoms with van der Waals surface area (Å²) in [4.78, 5) is 19.7. The van der Waals surface area contributed by atoms with Crippen molar-refractivity contribution in [2.75, 3.05) is 12.3 Å². The highest BCUT2D eigenvalue weighted by molar-refractivity contribution is 6.06. The fourth-order valence-corrected chi connectivity index (χ4v) is 3.14. The molecule has 4 rings (SSSR count). The molecule has 0 radical (unpaired) electrons. The second kappa shape index (κ2) is 5.83. The molecular formula is C18H16FN5O2. The number of fused-ring (bicyclic) bond motifs is 2. The van der Waals surface area contributed by atoms with Crippen molar-refractivity contribution in [2.24, 2.45) is 0 Å². The number of hydrogen-bond donors (Lipinski definition) is 3. The standard InChI is InChI=1S/C18H16FN5O2/c1-3-26-12-7-21-17-13(14(20)18(25)23-15(17)8(12)2)9-4-5-11(19)16-10(9)6-22-24-16/h4-7H,3,20H2,1-2H3,(H,22,24)(H,23,25). The highest BCUT2D eigenvalue weighted by atomic mass is 19.1. The smallest absolute Gasteiger partial charge is 0.272 e. The number of halogens is 1. The minimum Gasteiger partial charge on any atom is -0.492 e. The lowest BCUT2D eigenvalue weighted by Crippen LogP contribution is -2.15. The molecule has 3 heterocycles. The number of pyridine rings is 2. The number of nitrogen functional groups attached to an aromatic ring is 1. The number of benzene rings is 1. The van der Waals surface area contributed by atoms with E-state index in [-0.39, 0.29) is 11.2 Å². The van der Waals surface area contributed by atoms with Crippen molar-refractivity contribution >= 4 is 27.6 Å². The van der Waals surface area contributed by atoms with Gasteiger partial charge in [-0.15, -0.1) is 0 Å². The number of nitrogens with two attached hydrogens (primary N) is 1. The third kappa shape index (κ3) is 2.22. The predicted octanol–water partition coefficient (Wildman–Crippen LogP) is 2.89. The van der Waals surface area contributed by atoms with E-state index in [1.165, 1.54) is 12.3 Å². The monoisotopic (exact) mass is 353 g/mol. The molecule has 8 heteroatoms. The maximum atomic E-state index is 14.0. The lowest BCUT2D eigenvalue weighted by atomic mass is 9.98. The van der Waals surface area contributed by atoms with Crippen LogP contribution in [0.2, 0.25) is 0 Å². The van der Waals surface area contributed by atoms with E-state index >= 15 is 0 Å². The molecule has 7 nitrogen and oxygen atoms in total. The molecule has 0 aliphatic rings. The van der Waals surface area contributed by atoms with Crippen molar-refractivity contribution in [3.8, 4) is 16.9 Å². The fraction of sp³-hybridized carbons (Fsp3) is 0.167. The number of aryl methyl sites for hydroxylation is 1. The Labute approximate surface area is 147 Å². The normalized spacial score (nSPS) is 11.3. The third-order valence-corrected chi connectivity index (χ3v) is 4.42. The van der Waals surface area contributed by atoms with E-state index in [4.69, 9.17) is 10.5 Å². The van der Waals surface area contributed by atoms with Crippen LogP contribution in [0.3, 0.4) is 0 Å². The first-order valence-electron chi connectivity index (χ1n) is 8.08. The number of nitrogens with zero attached hydrogens (tertiary/aromatic N) is 2. The van der Waals surface area contributed by atoms with Crippen LogP contribution in [0.25, 0.3) is 33.1 Å². The first-order valence-corrected chi connectivity index (χ1v) is 8.08. The summed E-state index contributed by atoms with van der Waals surface area (Å²) < 4.78 is 19.6. The molecule has 26 heavy (non-hydrogen) atoms. The van der Waals surface area contributed by atoms with Crippen LogP contribution in [0.15, 0.2) is 29.3 Å². The lowest BCUT2D eigenvalue weighted by Gasteiger charge is -2.14. The van der Waals surface area contributed by atoms with Crippen LogP contribution < -0.4 is 16.0 Å². The summed E-state index contributed by atoms with van der Waals surface area (Å²) in [6.45, 7) is 4.19. The van der Waals surface area contributed by atoms with Crippen LogP contribution >= 0.6 is 0 Å². The van der Waals surface area contributed by atoms with Gasteiger partial charge in [0.1, 0.15) is 22.8 Å². The van der Waals surface area contributed by atoms with Gasteiger partial charge in [-0.05, 0) is 25.5 Å². The van der Waals surface area contributed by atoms with Crippen LogP contribution in [0.1, 0.15) is 12.5 Å². The van der Waals surface area contributed by atoms with Crippen molar-refractivity contribution in [1.29, 1.82) is 0 Å². The zero-order valence-electron chi connectivity index (χ0n) is 14.2. The van der Waals surface area contributed by atoms with Gasteiger partial charge in [0.2, 0.25) is 0 Å². The largest absolute Gasteiger partial charge is 0.492 e. The molecule has 0 amide bonds. The molecule has 0 bridgehead atoms. The number of rotatable bonds is 3. The van der Waals surface area contributed by atoms with Gasteiger partial charge in [0.15, 0.2) is 0 Å². The second-order valence-electron chi connectivity index (χ2n) is 5.90. The number of H-pyrrole nitrogens is 2. The van der Waals surface area contributed by atoms with Crippen molar-refractivity contribution in [3.05, 3.63) is 46.3 Å². The fourth-order valence-electron chi connectivity index (χ4n) is 3.14. The molecule has 0 unspecified atom stereocenters. The summed E-state index contributed by atoms with van der Waals surface area (Å²) in [6, 6.07) is 2.88. The number of aromatic amines is 2. The third-order valence-electron chi connectivity index (χ3n) is 4.42. The first-order chi connectivity index (χ1) is 12.5. The lowest BCUT2D eigenvalue weighted by molar-refractivity contribution is 0.337. The Bertz CT molecular complexity index is 1210. The number of anilines is 1. The maximum Gasteiger partial charge on any atom is 0.272 e. The molecule has 0 saturated carbocycles. The SMILES string of the molecule is CCOc1cnc2c(-c3ccc(F)c4[nH]ncc34)c(N)c(=O)[nH]c2c1C. The number of ether oxygens (including phenoxy) is 1. The Morgan fingerprint density at radius 3 is 2.85 bits per heavy atom. The highest BCUT2D eigenvalue weighted by Crippen LogP contribution is 2.37. The van der Waals surface area contributed by atoms with Crippen molar-refractivity contribution in [1.82, 2.24) is 20.2 Å². The van der Waals surface area contributed by atoms with Gasteiger partial charge in [-0.3, -0.25) is 14.9 Å². The molecule has 0 aliphatic carbocycles. The molecule has 0 spiro atoms. The van der Waals surface area contributed by atoms with E-state index in [9.17, 15) is 9.18 Å². The average Bonchev–Trinajstić information content (AvgIpc) is 3.11. The summed E-state index contributed by atoms with van der Waals surface area (Å²) in [7, 11) is 0. The van der Waals surface area contributed by atoms with Gasteiger partial charge in [-0.2, -0.15) is 5.10 Å². The van der Waals surface area contributed by atoms with Gasteiger partial charge in [0.05, 0.1) is 30.0 Å². The molecule has 0 saturated heterocycles. The van der Waals surface area contributed by atoms with E-state index < -0.39 is 11.4 Å². The summed E-state index contributed by atoms with van der Waals surface area (Å²) in [5, 5.41) is 7.05. The molecule has 132 valence electrons. The molecule has 1 aromatic carbocycles. The molecular weight excluding hydrogens is 337 g/mol. The van der Waals surface area contributed by atoms with Crippen LogP contribution in [0.4, 0.5) is 10.1 Å². The average molecular weight is 353 g/mol. The van der Waals surface area contributed by atoms with Crippen LogP contribution in [0.5, 0.6) is 5.75 Å². The minimum atomic E-state index is -0.438. The Kier molecular flexibility index (Phi) is 3.61. The number of aromatic nitrogens is 4. The highest BCUT2D eigenvalue weighted by Gasteiger charge is 2.19. The summed E-state index contributed by atoms with van der Waals surface area (Å²) in [5.41, 5.74) is 8.74. The molecule has 0 aliphatic heterocycles. The van der Waals surface area contributed by atoms with Crippen LogP contribution in [-0.4, -0.2) is 26.8 Å². The predicted molar refractivity (Wildman–Crippen MR) is 97.7 cm³/mol. The molecule has 0 atom stereocenters. The van der Waals surface area contributed by atoms with E-state index in [0.717, 1.165) is 5.56 Å². The Balaban J connectivity index is 2.13. The number of hydrogen-bond acceptors (Lipinski definition) is 5. The van der Waals surface area contributed by atoms with Gasteiger partial charge in [0, 0.05) is 16.5 Å². The van der Waals surface area contributed by atoms with E-state index in [1.807, 2.05) is 13.8 Å². The Morgan fingerprint density at radius 1 is 1.27 bits per heavy atom. The zero-order valence-corrected chi connectivity index (χ0v) is 14.2. The second-order valence-corrected chi connectivity index (χ2v) is 5.90. The first kappa shape index (κ1) is 16.1. The quantitative estimate of drug-likeness (QED) is 0.525. The van der Waals surface area contributed by atoms with Crippen LogP contribution in [-0.2, 0) is 0 Å².